The second-order valence-corrected chi connectivity index (χ2v) is 6.28. The van der Waals surface area contributed by atoms with E-state index in [4.69, 9.17) is 0 Å². The maximum Gasteiger partial charge on any atom is 0.221 e. The number of rotatable bonds is 8. The van der Waals surface area contributed by atoms with Gasteiger partial charge in [0.05, 0.1) is 0 Å². The minimum Gasteiger partial charge on any atom is -0.356 e. The number of nitrogens with zero attached hydrogens (tertiary/aromatic N) is 1. The lowest BCUT2D eigenvalue weighted by atomic mass is 10.00. The Labute approximate surface area is 135 Å². The van der Waals surface area contributed by atoms with E-state index in [1.165, 1.54) is 37.8 Å². The Hall–Kier alpha value is -1.35. The molecule has 1 amide bonds. The normalized spacial score (nSPS) is 19.0. The smallest absolute Gasteiger partial charge is 0.221 e. The molecule has 1 heterocycles. The third-order valence-corrected chi connectivity index (χ3v) is 4.65. The zero-order chi connectivity index (χ0) is 15.6. The predicted octanol–water partition coefficient (Wildman–Crippen LogP) is 3.39. The largest absolute Gasteiger partial charge is 0.356 e. The van der Waals surface area contributed by atoms with Crippen LogP contribution in [0.25, 0.3) is 0 Å². The van der Waals surface area contributed by atoms with E-state index < -0.39 is 0 Å². The van der Waals surface area contributed by atoms with Gasteiger partial charge in [-0.1, -0.05) is 43.7 Å². The van der Waals surface area contributed by atoms with Gasteiger partial charge in [0.1, 0.15) is 0 Å². The van der Waals surface area contributed by atoms with Gasteiger partial charge in [0.2, 0.25) is 5.91 Å². The van der Waals surface area contributed by atoms with Gasteiger partial charge in [0, 0.05) is 25.6 Å². The van der Waals surface area contributed by atoms with Crippen molar-refractivity contribution in [2.75, 3.05) is 19.6 Å². The molecule has 0 saturated carbocycles. The van der Waals surface area contributed by atoms with Gasteiger partial charge in [-0.3, -0.25) is 9.69 Å². The van der Waals surface area contributed by atoms with Crippen molar-refractivity contribution < 1.29 is 4.79 Å². The molecule has 2 rings (SSSR count). The molecule has 122 valence electrons. The molecule has 1 aliphatic heterocycles. The van der Waals surface area contributed by atoms with Crippen molar-refractivity contribution >= 4 is 5.91 Å². The van der Waals surface area contributed by atoms with E-state index in [-0.39, 0.29) is 5.91 Å². The summed E-state index contributed by atoms with van der Waals surface area (Å²) in [6, 6.07) is 11.1. The second-order valence-electron chi connectivity index (χ2n) is 6.28. The lowest BCUT2D eigenvalue weighted by molar-refractivity contribution is -0.121. The molecule has 0 aliphatic carbocycles. The summed E-state index contributed by atoms with van der Waals surface area (Å²) >= 11 is 0. The predicted molar refractivity (Wildman–Crippen MR) is 91.9 cm³/mol. The van der Waals surface area contributed by atoms with Crippen LogP contribution in [0.4, 0.5) is 0 Å². The van der Waals surface area contributed by atoms with Gasteiger partial charge >= 0.3 is 0 Å². The maximum absolute atomic E-state index is 12.0. The van der Waals surface area contributed by atoms with Gasteiger partial charge in [-0.15, -0.1) is 0 Å². The fraction of sp³-hybridized carbons (Fsp3) is 0.632. The zero-order valence-corrected chi connectivity index (χ0v) is 13.9. The van der Waals surface area contributed by atoms with Crippen LogP contribution >= 0.6 is 0 Å². The van der Waals surface area contributed by atoms with E-state index in [1.807, 2.05) is 6.07 Å². The molecule has 0 spiro atoms. The summed E-state index contributed by atoms with van der Waals surface area (Å²) in [5, 5.41) is 3.06. The molecule has 1 atom stereocenters. The van der Waals surface area contributed by atoms with E-state index in [0.29, 0.717) is 12.5 Å². The molecule has 1 saturated heterocycles. The lowest BCUT2D eigenvalue weighted by Crippen LogP contribution is -2.41. The van der Waals surface area contributed by atoms with Crippen LogP contribution in [0.2, 0.25) is 0 Å². The van der Waals surface area contributed by atoms with Gasteiger partial charge in [-0.05, 0) is 44.2 Å². The number of hydrogen-bond acceptors (Lipinski definition) is 2. The average molecular weight is 302 g/mol. The van der Waals surface area contributed by atoms with Crippen molar-refractivity contribution in [3.8, 4) is 0 Å². The van der Waals surface area contributed by atoms with Crippen LogP contribution in [-0.2, 0) is 11.2 Å². The number of carbonyl (C=O) groups excluding carboxylic acids is 1. The number of carbonyl (C=O) groups is 1. The van der Waals surface area contributed by atoms with Gasteiger partial charge < -0.3 is 5.32 Å². The number of hydrogen-bond donors (Lipinski definition) is 1. The summed E-state index contributed by atoms with van der Waals surface area (Å²) in [5.74, 6) is 0.202. The molecule has 1 aromatic carbocycles. The molecule has 0 bridgehead atoms. The monoisotopic (exact) mass is 302 g/mol. The quantitative estimate of drug-likeness (QED) is 0.747. The number of aryl methyl sites for hydroxylation is 1. The van der Waals surface area contributed by atoms with E-state index >= 15 is 0 Å². The van der Waals surface area contributed by atoms with Crippen molar-refractivity contribution in [3.63, 3.8) is 0 Å². The first-order chi connectivity index (χ1) is 10.8. The van der Waals surface area contributed by atoms with Crippen LogP contribution in [0.15, 0.2) is 30.3 Å². The van der Waals surface area contributed by atoms with Crippen molar-refractivity contribution in [2.24, 2.45) is 0 Å². The molecule has 3 heteroatoms. The van der Waals surface area contributed by atoms with Crippen molar-refractivity contribution in [2.45, 2.75) is 57.9 Å². The van der Waals surface area contributed by atoms with Crippen LogP contribution < -0.4 is 5.32 Å². The highest BCUT2D eigenvalue weighted by atomic mass is 16.1. The highest BCUT2D eigenvalue weighted by molar-refractivity contribution is 5.76. The first-order valence-electron chi connectivity index (χ1n) is 8.84. The Morgan fingerprint density at radius 2 is 2.09 bits per heavy atom. The summed E-state index contributed by atoms with van der Waals surface area (Å²) in [4.78, 5) is 14.5. The number of piperidine rings is 1. The average Bonchev–Trinajstić information content (AvgIpc) is 2.58. The molecule has 1 unspecified atom stereocenters. The van der Waals surface area contributed by atoms with E-state index in [2.05, 4.69) is 41.4 Å². The van der Waals surface area contributed by atoms with Gasteiger partial charge in [-0.2, -0.15) is 0 Å². The van der Waals surface area contributed by atoms with Crippen molar-refractivity contribution in [1.82, 2.24) is 10.2 Å². The molecular weight excluding hydrogens is 272 g/mol. The Balaban J connectivity index is 1.57. The summed E-state index contributed by atoms with van der Waals surface area (Å²) in [6.45, 7) is 5.13. The molecule has 0 aromatic heterocycles. The highest BCUT2D eigenvalue weighted by Gasteiger charge is 2.20. The van der Waals surface area contributed by atoms with Crippen LogP contribution in [-0.4, -0.2) is 36.5 Å². The number of benzene rings is 1. The standard InChI is InChI=1S/C19H30N2O/c1-2-18-12-6-7-15-21(18)16-13-19(22)20-14-8-11-17-9-4-3-5-10-17/h3-5,9-10,18H,2,6-8,11-16H2,1H3,(H,20,22). The lowest BCUT2D eigenvalue weighted by Gasteiger charge is -2.35. The third kappa shape index (κ3) is 5.80. The van der Waals surface area contributed by atoms with Crippen LogP contribution in [0.3, 0.4) is 0 Å². The van der Waals surface area contributed by atoms with Crippen molar-refractivity contribution in [1.29, 1.82) is 0 Å². The third-order valence-electron chi connectivity index (χ3n) is 4.65. The first kappa shape index (κ1) is 17.0. The molecule has 1 N–H and O–H groups in total. The summed E-state index contributed by atoms with van der Waals surface area (Å²) in [7, 11) is 0. The van der Waals surface area contributed by atoms with E-state index in [0.717, 1.165) is 25.9 Å². The summed E-state index contributed by atoms with van der Waals surface area (Å²) in [6.07, 6.45) is 7.83. The Bertz CT molecular complexity index is 432. The van der Waals surface area contributed by atoms with E-state index in [1.54, 1.807) is 0 Å². The molecule has 22 heavy (non-hydrogen) atoms. The fourth-order valence-corrected chi connectivity index (χ4v) is 3.32. The number of nitrogens with one attached hydrogen (secondary N) is 1. The molecule has 0 radical (unpaired) electrons. The summed E-state index contributed by atoms with van der Waals surface area (Å²) < 4.78 is 0. The molecular formula is C19H30N2O. The number of likely N-dealkylation sites (tertiary alicyclic amines) is 1. The Morgan fingerprint density at radius 3 is 2.86 bits per heavy atom. The Morgan fingerprint density at radius 1 is 1.27 bits per heavy atom. The van der Waals surface area contributed by atoms with E-state index in [9.17, 15) is 4.79 Å². The van der Waals surface area contributed by atoms with Crippen LogP contribution in [0.1, 0.15) is 51.0 Å². The number of amides is 1. The minimum atomic E-state index is 0.202. The fourth-order valence-electron chi connectivity index (χ4n) is 3.32. The van der Waals surface area contributed by atoms with Crippen LogP contribution in [0, 0.1) is 0 Å². The molecule has 1 fully saturated rings. The van der Waals surface area contributed by atoms with Crippen LogP contribution in [0.5, 0.6) is 0 Å². The SMILES string of the molecule is CCC1CCCCN1CCC(=O)NCCCc1ccccc1. The van der Waals surface area contributed by atoms with Crippen molar-refractivity contribution in [3.05, 3.63) is 35.9 Å². The van der Waals surface area contributed by atoms with Gasteiger partial charge in [-0.25, -0.2) is 0 Å². The second kappa shape index (κ2) is 9.62. The topological polar surface area (TPSA) is 32.3 Å². The molecule has 3 nitrogen and oxygen atoms in total. The van der Waals surface area contributed by atoms with Gasteiger partial charge in [0.15, 0.2) is 0 Å². The maximum atomic E-state index is 12.0. The first-order valence-corrected chi connectivity index (χ1v) is 8.84. The highest BCUT2D eigenvalue weighted by Crippen LogP contribution is 2.19. The molecule has 1 aliphatic rings. The van der Waals surface area contributed by atoms with Gasteiger partial charge in [0.25, 0.3) is 0 Å². The minimum absolute atomic E-state index is 0.202. The zero-order valence-electron chi connectivity index (χ0n) is 13.9. The summed E-state index contributed by atoms with van der Waals surface area (Å²) in [5.41, 5.74) is 1.34. The Kier molecular flexibility index (Phi) is 7.44. The molecule has 1 aromatic rings.